The lowest BCUT2D eigenvalue weighted by Crippen LogP contribution is -2.50. The molecule has 3 N–H and O–H groups in total. The van der Waals surface area contributed by atoms with E-state index in [0.717, 1.165) is 31.4 Å². The first-order valence-electron chi connectivity index (χ1n) is 12.3. The summed E-state index contributed by atoms with van der Waals surface area (Å²) in [5.41, 5.74) is 1.03. The average Bonchev–Trinajstić information content (AvgIpc) is 3.47. The minimum absolute atomic E-state index is 0.144. The molecule has 1 aromatic heterocycles. The van der Waals surface area contributed by atoms with Crippen LogP contribution in [0.25, 0.3) is 0 Å². The Bertz CT molecular complexity index is 1060. The van der Waals surface area contributed by atoms with Crippen molar-refractivity contribution in [3.8, 4) is 0 Å². The van der Waals surface area contributed by atoms with Crippen molar-refractivity contribution in [1.29, 1.82) is 0 Å². The van der Waals surface area contributed by atoms with Gasteiger partial charge in [-0.3, -0.25) is 14.5 Å². The van der Waals surface area contributed by atoms with Crippen LogP contribution in [0.4, 0.5) is 0 Å². The molecule has 0 radical (unpaired) electrons. The van der Waals surface area contributed by atoms with E-state index in [1.165, 1.54) is 0 Å². The number of likely N-dealkylation sites (tertiary alicyclic amines) is 1. The molecule has 2 saturated heterocycles. The highest BCUT2D eigenvalue weighted by Gasteiger charge is 2.42. The molecule has 11 heteroatoms. The van der Waals surface area contributed by atoms with Gasteiger partial charge in [0.2, 0.25) is 0 Å². The van der Waals surface area contributed by atoms with Crippen LogP contribution in [0.3, 0.4) is 0 Å². The molecule has 2 aliphatic heterocycles. The Kier molecular flexibility index (Phi) is 7.04. The van der Waals surface area contributed by atoms with Crippen molar-refractivity contribution in [2.45, 2.75) is 56.7 Å². The van der Waals surface area contributed by atoms with Crippen LogP contribution >= 0.6 is 11.6 Å². The molecule has 3 aliphatic rings. The second kappa shape index (κ2) is 10.2. The van der Waals surface area contributed by atoms with Gasteiger partial charge in [-0.25, -0.2) is 0 Å². The van der Waals surface area contributed by atoms with E-state index in [4.69, 9.17) is 11.6 Å². The summed E-state index contributed by atoms with van der Waals surface area (Å²) in [6, 6.07) is 6.31. The highest BCUT2D eigenvalue weighted by atomic mass is 35.5. The third-order valence-electron chi connectivity index (χ3n) is 7.94. The van der Waals surface area contributed by atoms with E-state index >= 15 is 0 Å². The number of carboxylic acids is 2. The van der Waals surface area contributed by atoms with Crippen molar-refractivity contribution in [2.24, 2.45) is 17.8 Å². The Morgan fingerprint density at radius 1 is 1.06 bits per heavy atom. The fraction of sp³-hybridized carbons (Fsp3) is 0.625. The van der Waals surface area contributed by atoms with Crippen molar-refractivity contribution in [1.82, 2.24) is 30.4 Å². The minimum Gasteiger partial charge on any atom is -0.480 e. The van der Waals surface area contributed by atoms with Crippen LogP contribution in [-0.4, -0.2) is 79.0 Å². The van der Waals surface area contributed by atoms with Crippen LogP contribution in [0, 0.1) is 17.8 Å². The number of piperidine rings is 1. The molecule has 0 spiro atoms. The van der Waals surface area contributed by atoms with E-state index in [1.807, 2.05) is 24.3 Å². The summed E-state index contributed by atoms with van der Waals surface area (Å²) in [4.78, 5) is 27.1. The molecule has 188 valence electrons. The summed E-state index contributed by atoms with van der Waals surface area (Å²) in [6.07, 6.45) is 4.68. The van der Waals surface area contributed by atoms with Gasteiger partial charge in [-0.15, -0.1) is 10.2 Å². The lowest BCUT2D eigenvalue weighted by Gasteiger charge is -2.42. The Hall–Kier alpha value is -2.56. The number of hydrogen-bond donors (Lipinski definition) is 3. The number of benzene rings is 1. The smallest absolute Gasteiger partial charge is 0.321 e. The van der Waals surface area contributed by atoms with E-state index in [2.05, 4.69) is 25.6 Å². The van der Waals surface area contributed by atoms with Gasteiger partial charge in [-0.1, -0.05) is 23.7 Å². The number of carbonyl (C=O) groups is 2. The fourth-order valence-electron chi connectivity index (χ4n) is 6.12. The largest absolute Gasteiger partial charge is 0.480 e. The number of aromatic nitrogens is 4. The summed E-state index contributed by atoms with van der Waals surface area (Å²) in [7, 11) is 0. The molecule has 3 fully saturated rings. The molecule has 1 aliphatic carbocycles. The van der Waals surface area contributed by atoms with Gasteiger partial charge in [-0.2, -0.15) is 4.80 Å². The number of hydrogen-bond acceptors (Lipinski definition) is 7. The molecule has 5 rings (SSSR count). The van der Waals surface area contributed by atoms with Gasteiger partial charge in [-0.05, 0) is 79.3 Å². The summed E-state index contributed by atoms with van der Waals surface area (Å²) in [5.74, 6) is 0.251. The third kappa shape index (κ3) is 5.49. The van der Waals surface area contributed by atoms with Crippen molar-refractivity contribution < 1.29 is 19.8 Å². The van der Waals surface area contributed by atoms with Gasteiger partial charge in [0.15, 0.2) is 5.82 Å². The number of nitrogens with one attached hydrogen (secondary N) is 1. The predicted octanol–water partition coefficient (Wildman–Crippen LogP) is 2.10. The molecule has 2 aromatic rings. The van der Waals surface area contributed by atoms with Gasteiger partial charge in [0.25, 0.3) is 0 Å². The number of carboxylic acid groups (broad SMARTS) is 2. The normalized spacial score (nSPS) is 31.2. The second-order valence-electron chi connectivity index (χ2n) is 10.3. The maximum atomic E-state index is 12.1. The van der Waals surface area contributed by atoms with E-state index in [-0.39, 0.29) is 6.04 Å². The monoisotopic (exact) mass is 502 g/mol. The van der Waals surface area contributed by atoms with Crippen LogP contribution in [0.2, 0.25) is 5.02 Å². The highest BCUT2D eigenvalue weighted by Crippen LogP contribution is 2.40. The van der Waals surface area contributed by atoms with Gasteiger partial charge < -0.3 is 15.5 Å². The Morgan fingerprint density at radius 3 is 2.60 bits per heavy atom. The molecule has 6 atom stereocenters. The zero-order chi connectivity index (χ0) is 24.5. The fourth-order valence-corrected chi connectivity index (χ4v) is 6.24. The van der Waals surface area contributed by atoms with Crippen molar-refractivity contribution in [3.05, 3.63) is 40.7 Å². The third-order valence-corrected chi connectivity index (χ3v) is 8.19. The summed E-state index contributed by atoms with van der Waals surface area (Å²) >= 11 is 5.95. The zero-order valence-corrected chi connectivity index (χ0v) is 20.2. The number of fused-ring (bicyclic) bond motifs is 1. The van der Waals surface area contributed by atoms with E-state index in [1.54, 1.807) is 4.80 Å². The lowest BCUT2D eigenvalue weighted by atomic mass is 9.69. The van der Waals surface area contributed by atoms with Crippen molar-refractivity contribution in [3.63, 3.8) is 0 Å². The number of aliphatic carboxylic acids is 2. The first kappa shape index (κ1) is 24.1. The van der Waals surface area contributed by atoms with Crippen LogP contribution < -0.4 is 5.32 Å². The highest BCUT2D eigenvalue weighted by molar-refractivity contribution is 6.30. The maximum absolute atomic E-state index is 12.1. The molecule has 3 heterocycles. The van der Waals surface area contributed by atoms with Crippen molar-refractivity contribution >= 4 is 23.5 Å². The minimum atomic E-state index is -0.824. The molecule has 0 amide bonds. The Balaban J connectivity index is 1.21. The van der Waals surface area contributed by atoms with Crippen LogP contribution in [0.5, 0.6) is 0 Å². The molecule has 35 heavy (non-hydrogen) atoms. The first-order valence-corrected chi connectivity index (χ1v) is 12.7. The molecule has 0 unspecified atom stereocenters. The second-order valence-corrected chi connectivity index (χ2v) is 10.7. The summed E-state index contributed by atoms with van der Waals surface area (Å²) < 4.78 is 0. The first-order chi connectivity index (χ1) is 16.9. The Labute approximate surface area is 208 Å². The standard InChI is InChI=1S/C24H31ClN6O4/c25-18-5-2-14(3-6-18)8-22-27-29-31(28-22)19-10-21(24(34)35)30(13-19)12-15-1-4-16-11-26-20(23(32)33)9-17(16)7-15/h2-3,5-6,15-17,19-21,26H,1,4,7-13H2,(H,32,33)(H,34,35)/t15-,16-,17+,19-,20-,21-/m0/s1. The number of tetrazole rings is 1. The SMILES string of the molecule is O=C(O)[C@@H]1C[C@H]2C[C@@H](CN3C[C@@H](n4nnc(Cc5ccc(Cl)cc5)n4)C[C@H]3C(=O)O)CC[C@H]2CN1. The number of nitrogens with zero attached hydrogens (tertiary/aromatic N) is 5. The zero-order valence-electron chi connectivity index (χ0n) is 19.5. The van der Waals surface area contributed by atoms with E-state index in [9.17, 15) is 19.8 Å². The topological polar surface area (TPSA) is 133 Å². The predicted molar refractivity (Wildman–Crippen MR) is 127 cm³/mol. The van der Waals surface area contributed by atoms with E-state index < -0.39 is 24.0 Å². The van der Waals surface area contributed by atoms with Gasteiger partial charge in [0.05, 0.1) is 6.04 Å². The quantitative estimate of drug-likeness (QED) is 0.520. The Morgan fingerprint density at radius 2 is 1.86 bits per heavy atom. The molecular weight excluding hydrogens is 472 g/mol. The van der Waals surface area contributed by atoms with Gasteiger partial charge in [0, 0.05) is 24.5 Å². The number of rotatable bonds is 7. The molecule has 10 nitrogen and oxygen atoms in total. The van der Waals surface area contributed by atoms with Gasteiger partial charge >= 0.3 is 11.9 Å². The van der Waals surface area contributed by atoms with Crippen LogP contribution in [-0.2, 0) is 16.0 Å². The summed E-state index contributed by atoms with van der Waals surface area (Å²) in [6.45, 7) is 2.03. The lowest BCUT2D eigenvalue weighted by molar-refractivity contribution is -0.143. The van der Waals surface area contributed by atoms with Crippen LogP contribution in [0.15, 0.2) is 24.3 Å². The van der Waals surface area contributed by atoms with Crippen LogP contribution in [0.1, 0.15) is 49.5 Å². The molecule has 1 aromatic carbocycles. The number of halogens is 1. The average molecular weight is 503 g/mol. The van der Waals surface area contributed by atoms with Crippen molar-refractivity contribution in [2.75, 3.05) is 19.6 Å². The summed E-state index contributed by atoms with van der Waals surface area (Å²) in [5, 5.41) is 36.1. The maximum Gasteiger partial charge on any atom is 0.321 e. The van der Waals surface area contributed by atoms with E-state index in [0.29, 0.717) is 61.0 Å². The van der Waals surface area contributed by atoms with Gasteiger partial charge in [0.1, 0.15) is 12.1 Å². The molecular formula is C24H31ClN6O4. The molecule has 0 bridgehead atoms. The molecule has 1 saturated carbocycles.